The first-order valence-corrected chi connectivity index (χ1v) is 13.0. The van der Waals surface area contributed by atoms with Crippen LogP contribution in [0.1, 0.15) is 69.8 Å². The number of nitrogens with one attached hydrogen (secondary N) is 2. The lowest BCUT2D eigenvalue weighted by Crippen LogP contribution is -2.54. The Kier molecular flexibility index (Phi) is 5.30. The van der Waals surface area contributed by atoms with Crippen LogP contribution < -0.4 is 20.1 Å². The molecular formula is C27H36N2O4. The molecule has 1 heterocycles. The number of fused-ring (bicyclic) bond motifs is 1. The van der Waals surface area contributed by atoms with Crippen molar-refractivity contribution >= 4 is 11.8 Å². The van der Waals surface area contributed by atoms with Crippen LogP contribution in [0.5, 0.6) is 11.5 Å². The second kappa shape index (κ2) is 8.21. The molecule has 5 aliphatic carbocycles. The van der Waals surface area contributed by atoms with E-state index in [9.17, 15) is 9.59 Å². The van der Waals surface area contributed by atoms with Crippen LogP contribution in [0.3, 0.4) is 0 Å². The smallest absolute Gasteiger partial charge is 0.239 e. The van der Waals surface area contributed by atoms with Gasteiger partial charge in [0.1, 0.15) is 13.2 Å². The van der Waals surface area contributed by atoms with E-state index < -0.39 is 0 Å². The molecule has 4 bridgehead atoms. The minimum atomic E-state index is -0.201. The van der Waals surface area contributed by atoms with Gasteiger partial charge in [-0.1, -0.05) is 18.9 Å². The van der Waals surface area contributed by atoms with Crippen molar-refractivity contribution in [3.8, 4) is 11.5 Å². The Bertz CT molecular complexity index is 901. The minimum absolute atomic E-state index is 0.0740. The normalized spacial score (nSPS) is 33.0. The maximum atomic E-state index is 13.2. The van der Waals surface area contributed by atoms with Crippen molar-refractivity contribution in [1.29, 1.82) is 0 Å². The molecule has 1 aromatic rings. The molecule has 5 fully saturated rings. The monoisotopic (exact) mass is 452 g/mol. The highest BCUT2D eigenvalue weighted by Gasteiger charge is 2.54. The van der Waals surface area contributed by atoms with Gasteiger partial charge >= 0.3 is 0 Å². The van der Waals surface area contributed by atoms with Crippen LogP contribution in [0, 0.1) is 23.2 Å². The Labute approximate surface area is 196 Å². The van der Waals surface area contributed by atoms with Gasteiger partial charge in [-0.25, -0.2) is 0 Å². The number of amides is 2. The number of hydrogen-bond donors (Lipinski definition) is 2. The van der Waals surface area contributed by atoms with Gasteiger partial charge in [-0.05, 0) is 86.8 Å². The third kappa shape index (κ3) is 3.89. The predicted molar refractivity (Wildman–Crippen MR) is 124 cm³/mol. The van der Waals surface area contributed by atoms with Gasteiger partial charge in [0.05, 0.1) is 6.54 Å². The average molecular weight is 453 g/mol. The standard InChI is InChI=1S/C27H36N2O4/c30-24(16-28-25(31)27-13-18-9-19(14-27)11-20(10-18)15-27)29-17-26(5-1-2-6-26)21-3-4-22-23(12-21)33-8-7-32-22/h3-4,12,18-20H,1-2,5-11,13-17H2,(H,28,31)(H,29,30). The molecule has 0 unspecified atom stereocenters. The quantitative estimate of drug-likeness (QED) is 0.690. The van der Waals surface area contributed by atoms with Crippen molar-refractivity contribution in [3.05, 3.63) is 23.8 Å². The summed E-state index contributed by atoms with van der Waals surface area (Å²) in [6.07, 6.45) is 11.4. The number of carbonyl (C=O) groups excluding carboxylic acids is 2. The van der Waals surface area contributed by atoms with Crippen LogP contribution >= 0.6 is 0 Å². The fraction of sp³-hybridized carbons (Fsp3) is 0.704. The van der Waals surface area contributed by atoms with Crippen LogP contribution in [0.2, 0.25) is 0 Å². The van der Waals surface area contributed by atoms with E-state index in [0.29, 0.717) is 19.8 Å². The second-order valence-corrected chi connectivity index (χ2v) is 11.5. The summed E-state index contributed by atoms with van der Waals surface area (Å²) in [5.74, 6) is 3.82. The zero-order valence-electron chi connectivity index (χ0n) is 19.5. The third-order valence-electron chi connectivity index (χ3n) is 9.27. The van der Waals surface area contributed by atoms with E-state index in [0.717, 1.165) is 74.2 Å². The van der Waals surface area contributed by atoms with Gasteiger partial charge in [0, 0.05) is 17.4 Å². The second-order valence-electron chi connectivity index (χ2n) is 11.5. The van der Waals surface area contributed by atoms with Crippen molar-refractivity contribution in [2.75, 3.05) is 26.3 Å². The molecule has 0 saturated heterocycles. The van der Waals surface area contributed by atoms with Crippen LogP contribution in [-0.2, 0) is 15.0 Å². The molecule has 6 nitrogen and oxygen atoms in total. The number of ether oxygens (including phenoxy) is 2. The molecule has 178 valence electrons. The molecule has 1 aliphatic heterocycles. The summed E-state index contributed by atoms with van der Waals surface area (Å²) in [4.78, 5) is 25.9. The Morgan fingerprint density at radius 3 is 2.18 bits per heavy atom. The molecule has 2 N–H and O–H groups in total. The average Bonchev–Trinajstić information content (AvgIpc) is 3.30. The van der Waals surface area contributed by atoms with Crippen molar-refractivity contribution in [3.63, 3.8) is 0 Å². The molecule has 0 atom stereocenters. The van der Waals surface area contributed by atoms with Crippen molar-refractivity contribution in [2.24, 2.45) is 23.2 Å². The zero-order valence-corrected chi connectivity index (χ0v) is 19.5. The van der Waals surface area contributed by atoms with E-state index in [-0.39, 0.29) is 29.2 Å². The van der Waals surface area contributed by atoms with E-state index in [1.165, 1.54) is 24.8 Å². The summed E-state index contributed by atoms with van der Waals surface area (Å²) >= 11 is 0. The summed E-state index contributed by atoms with van der Waals surface area (Å²) in [5, 5.41) is 6.17. The number of benzene rings is 1. The fourth-order valence-corrected chi connectivity index (χ4v) is 8.06. The molecule has 0 aromatic heterocycles. The van der Waals surface area contributed by atoms with Crippen LogP contribution in [0.15, 0.2) is 18.2 Å². The van der Waals surface area contributed by atoms with Gasteiger partial charge in [0.25, 0.3) is 0 Å². The van der Waals surface area contributed by atoms with Gasteiger partial charge in [-0.15, -0.1) is 0 Å². The lowest BCUT2D eigenvalue weighted by molar-refractivity contribution is -0.147. The van der Waals surface area contributed by atoms with Crippen molar-refractivity contribution in [1.82, 2.24) is 10.6 Å². The fourth-order valence-electron chi connectivity index (χ4n) is 8.06. The molecular weight excluding hydrogens is 416 g/mol. The maximum absolute atomic E-state index is 13.2. The van der Waals surface area contributed by atoms with Gasteiger partial charge in [0.15, 0.2) is 11.5 Å². The van der Waals surface area contributed by atoms with E-state index in [2.05, 4.69) is 22.8 Å². The van der Waals surface area contributed by atoms with Crippen LogP contribution in [0.25, 0.3) is 0 Å². The summed E-state index contributed by atoms with van der Waals surface area (Å²) in [6.45, 7) is 1.84. The van der Waals surface area contributed by atoms with Gasteiger partial charge in [0.2, 0.25) is 11.8 Å². The Hall–Kier alpha value is -2.24. The molecule has 6 heteroatoms. The molecule has 5 saturated carbocycles. The third-order valence-corrected chi connectivity index (χ3v) is 9.27. The Morgan fingerprint density at radius 1 is 0.879 bits per heavy atom. The molecule has 2 amide bonds. The first kappa shape index (κ1) is 21.3. The Balaban J connectivity index is 1.07. The summed E-state index contributed by atoms with van der Waals surface area (Å²) < 4.78 is 11.5. The lowest BCUT2D eigenvalue weighted by atomic mass is 9.49. The first-order valence-electron chi connectivity index (χ1n) is 13.0. The Morgan fingerprint density at radius 2 is 1.52 bits per heavy atom. The summed E-state index contributed by atoms with van der Waals surface area (Å²) in [5.41, 5.74) is 0.935. The highest BCUT2D eigenvalue weighted by molar-refractivity contribution is 5.88. The van der Waals surface area contributed by atoms with Gasteiger partial charge in [-0.2, -0.15) is 0 Å². The largest absolute Gasteiger partial charge is 0.486 e. The SMILES string of the molecule is O=C(CNC(=O)C12CC3CC(CC(C3)C1)C2)NCC1(c2ccc3c(c2)OCCO3)CCCC1. The van der Waals surface area contributed by atoms with E-state index in [4.69, 9.17) is 9.47 Å². The molecule has 0 radical (unpaired) electrons. The maximum Gasteiger partial charge on any atom is 0.239 e. The van der Waals surface area contributed by atoms with Crippen molar-refractivity contribution < 1.29 is 19.1 Å². The molecule has 0 spiro atoms. The van der Waals surface area contributed by atoms with Crippen molar-refractivity contribution in [2.45, 2.75) is 69.6 Å². The molecule has 1 aromatic carbocycles. The number of rotatable bonds is 6. The number of carbonyl (C=O) groups is 2. The molecule has 33 heavy (non-hydrogen) atoms. The highest BCUT2D eigenvalue weighted by Crippen LogP contribution is 2.60. The van der Waals surface area contributed by atoms with Crippen LogP contribution in [-0.4, -0.2) is 38.1 Å². The van der Waals surface area contributed by atoms with Gasteiger partial charge in [-0.3, -0.25) is 9.59 Å². The van der Waals surface area contributed by atoms with E-state index in [1.54, 1.807) is 0 Å². The lowest BCUT2D eigenvalue weighted by Gasteiger charge is -2.55. The van der Waals surface area contributed by atoms with E-state index >= 15 is 0 Å². The summed E-state index contributed by atoms with van der Waals surface area (Å²) in [6, 6.07) is 6.22. The van der Waals surface area contributed by atoms with Gasteiger partial charge < -0.3 is 20.1 Å². The van der Waals surface area contributed by atoms with E-state index in [1.807, 2.05) is 6.07 Å². The zero-order chi connectivity index (χ0) is 22.5. The summed E-state index contributed by atoms with van der Waals surface area (Å²) in [7, 11) is 0. The minimum Gasteiger partial charge on any atom is -0.486 e. The predicted octanol–water partition coefficient (Wildman–Crippen LogP) is 3.72. The highest BCUT2D eigenvalue weighted by atomic mass is 16.6. The topological polar surface area (TPSA) is 76.7 Å². The number of hydrogen-bond acceptors (Lipinski definition) is 4. The van der Waals surface area contributed by atoms with Crippen LogP contribution in [0.4, 0.5) is 0 Å². The first-order chi connectivity index (χ1) is 16.0. The molecule has 6 aliphatic rings. The molecule has 7 rings (SSSR count).